The lowest BCUT2D eigenvalue weighted by Crippen LogP contribution is -2.23. The van der Waals surface area contributed by atoms with E-state index in [2.05, 4.69) is 38.0 Å². The van der Waals surface area contributed by atoms with Gasteiger partial charge in [0.2, 0.25) is 0 Å². The Kier molecular flexibility index (Phi) is 5.42. The molecule has 17 heavy (non-hydrogen) atoms. The van der Waals surface area contributed by atoms with E-state index >= 15 is 0 Å². The average Bonchev–Trinajstić information content (AvgIpc) is 2.24. The molecule has 3 heteroatoms. The monoisotopic (exact) mass is 236 g/mol. The first-order valence-corrected chi connectivity index (χ1v) is 6.31. The Morgan fingerprint density at radius 2 is 1.94 bits per heavy atom. The fourth-order valence-corrected chi connectivity index (χ4v) is 1.41. The van der Waals surface area contributed by atoms with Gasteiger partial charge in [-0.1, -0.05) is 27.7 Å². The standard InChI is InChI=1S/C14H24N2O/c1-10(2)9-17-14-7-6-12(5)16-13(14)8-15-11(3)4/h6-7,10-11,15H,8-9H2,1-5H3. The van der Waals surface area contributed by atoms with Crippen LogP contribution in [-0.4, -0.2) is 17.6 Å². The number of rotatable bonds is 6. The molecule has 0 aliphatic heterocycles. The summed E-state index contributed by atoms with van der Waals surface area (Å²) < 4.78 is 5.78. The summed E-state index contributed by atoms with van der Waals surface area (Å²) in [5.41, 5.74) is 2.03. The molecule has 0 amide bonds. The number of aromatic nitrogens is 1. The van der Waals surface area contributed by atoms with Crippen LogP contribution in [0.25, 0.3) is 0 Å². The predicted octanol–water partition coefficient (Wildman–Crippen LogP) is 2.92. The van der Waals surface area contributed by atoms with Gasteiger partial charge in [-0.3, -0.25) is 4.98 Å². The Labute approximate surface area is 105 Å². The van der Waals surface area contributed by atoms with Crippen LogP contribution in [0.3, 0.4) is 0 Å². The molecule has 0 fully saturated rings. The first kappa shape index (κ1) is 14.0. The van der Waals surface area contributed by atoms with Crippen LogP contribution in [-0.2, 0) is 6.54 Å². The minimum absolute atomic E-state index is 0.454. The molecule has 0 saturated heterocycles. The fourth-order valence-electron chi connectivity index (χ4n) is 1.41. The average molecular weight is 236 g/mol. The second-order valence-electron chi connectivity index (χ2n) is 5.14. The zero-order valence-electron chi connectivity index (χ0n) is 11.6. The molecule has 1 heterocycles. The lowest BCUT2D eigenvalue weighted by molar-refractivity contribution is 0.266. The van der Waals surface area contributed by atoms with Gasteiger partial charge in [-0.25, -0.2) is 0 Å². The minimum atomic E-state index is 0.454. The quantitative estimate of drug-likeness (QED) is 0.824. The molecule has 0 atom stereocenters. The van der Waals surface area contributed by atoms with Crippen LogP contribution in [0.4, 0.5) is 0 Å². The van der Waals surface area contributed by atoms with Crippen molar-refractivity contribution < 1.29 is 4.74 Å². The molecule has 0 spiro atoms. The molecule has 0 bridgehead atoms. The lowest BCUT2D eigenvalue weighted by Gasteiger charge is -2.14. The highest BCUT2D eigenvalue weighted by atomic mass is 16.5. The molecule has 1 rings (SSSR count). The summed E-state index contributed by atoms with van der Waals surface area (Å²) in [4.78, 5) is 4.54. The van der Waals surface area contributed by atoms with Crippen molar-refractivity contribution >= 4 is 0 Å². The van der Waals surface area contributed by atoms with E-state index < -0.39 is 0 Å². The fraction of sp³-hybridized carbons (Fsp3) is 0.643. The molecule has 0 saturated carbocycles. The number of hydrogen-bond donors (Lipinski definition) is 1. The van der Waals surface area contributed by atoms with E-state index in [1.165, 1.54) is 0 Å². The third kappa shape index (κ3) is 5.18. The summed E-state index contributed by atoms with van der Waals surface area (Å²) in [5, 5.41) is 3.37. The second kappa shape index (κ2) is 6.60. The van der Waals surface area contributed by atoms with Gasteiger partial charge in [0, 0.05) is 18.3 Å². The molecule has 0 unspecified atom stereocenters. The van der Waals surface area contributed by atoms with Gasteiger partial charge in [0.25, 0.3) is 0 Å². The Balaban J connectivity index is 2.72. The third-order valence-electron chi connectivity index (χ3n) is 2.32. The normalized spacial score (nSPS) is 11.2. The predicted molar refractivity (Wildman–Crippen MR) is 71.3 cm³/mol. The van der Waals surface area contributed by atoms with E-state index in [9.17, 15) is 0 Å². The van der Waals surface area contributed by atoms with E-state index in [0.29, 0.717) is 12.0 Å². The number of hydrogen-bond acceptors (Lipinski definition) is 3. The van der Waals surface area contributed by atoms with Crippen molar-refractivity contribution in [2.24, 2.45) is 5.92 Å². The summed E-state index contributed by atoms with van der Waals surface area (Å²) in [6, 6.07) is 4.46. The maximum Gasteiger partial charge on any atom is 0.142 e. The van der Waals surface area contributed by atoms with Crippen LogP contribution in [0, 0.1) is 12.8 Å². The van der Waals surface area contributed by atoms with Crippen LogP contribution in [0.2, 0.25) is 0 Å². The smallest absolute Gasteiger partial charge is 0.142 e. The van der Waals surface area contributed by atoms with Crippen molar-refractivity contribution in [1.82, 2.24) is 10.3 Å². The van der Waals surface area contributed by atoms with E-state index in [1.54, 1.807) is 0 Å². The number of ether oxygens (including phenoxy) is 1. The lowest BCUT2D eigenvalue weighted by atomic mass is 10.2. The molecule has 0 aliphatic carbocycles. The van der Waals surface area contributed by atoms with E-state index in [-0.39, 0.29) is 0 Å². The Bertz CT molecular complexity index is 348. The van der Waals surface area contributed by atoms with Gasteiger partial charge in [-0.2, -0.15) is 0 Å². The molecule has 3 nitrogen and oxygen atoms in total. The second-order valence-corrected chi connectivity index (χ2v) is 5.14. The van der Waals surface area contributed by atoms with Crippen molar-refractivity contribution in [3.63, 3.8) is 0 Å². The van der Waals surface area contributed by atoms with Crippen molar-refractivity contribution in [2.75, 3.05) is 6.61 Å². The molecular weight excluding hydrogens is 212 g/mol. The Morgan fingerprint density at radius 3 is 2.53 bits per heavy atom. The van der Waals surface area contributed by atoms with Gasteiger partial charge in [0.15, 0.2) is 0 Å². The maximum atomic E-state index is 5.78. The maximum absolute atomic E-state index is 5.78. The van der Waals surface area contributed by atoms with Gasteiger partial charge in [-0.05, 0) is 25.0 Å². The molecule has 1 N–H and O–H groups in total. The van der Waals surface area contributed by atoms with Crippen LogP contribution in [0.5, 0.6) is 5.75 Å². The largest absolute Gasteiger partial charge is 0.491 e. The van der Waals surface area contributed by atoms with Crippen molar-refractivity contribution in [3.05, 3.63) is 23.5 Å². The zero-order chi connectivity index (χ0) is 12.8. The summed E-state index contributed by atoms with van der Waals surface area (Å²) >= 11 is 0. The number of aryl methyl sites for hydroxylation is 1. The van der Waals surface area contributed by atoms with Crippen LogP contribution < -0.4 is 10.1 Å². The number of nitrogens with one attached hydrogen (secondary N) is 1. The van der Waals surface area contributed by atoms with Crippen molar-refractivity contribution in [2.45, 2.75) is 47.2 Å². The molecule has 96 valence electrons. The van der Waals surface area contributed by atoms with Gasteiger partial charge in [-0.15, -0.1) is 0 Å². The van der Waals surface area contributed by atoms with Gasteiger partial charge in [0.05, 0.1) is 12.3 Å². The van der Waals surface area contributed by atoms with Crippen LogP contribution >= 0.6 is 0 Å². The number of nitrogens with zero attached hydrogens (tertiary/aromatic N) is 1. The molecule has 0 radical (unpaired) electrons. The summed E-state index contributed by atoms with van der Waals surface area (Å²) in [6.07, 6.45) is 0. The van der Waals surface area contributed by atoms with Crippen LogP contribution in [0.15, 0.2) is 12.1 Å². The van der Waals surface area contributed by atoms with Gasteiger partial charge < -0.3 is 10.1 Å². The van der Waals surface area contributed by atoms with E-state index in [0.717, 1.165) is 30.3 Å². The van der Waals surface area contributed by atoms with Crippen LogP contribution in [0.1, 0.15) is 39.1 Å². The first-order chi connectivity index (χ1) is 7.99. The van der Waals surface area contributed by atoms with E-state index in [1.807, 2.05) is 19.1 Å². The van der Waals surface area contributed by atoms with Crippen molar-refractivity contribution in [3.8, 4) is 5.75 Å². The van der Waals surface area contributed by atoms with Gasteiger partial charge in [0.1, 0.15) is 5.75 Å². The summed E-state index contributed by atoms with van der Waals surface area (Å²) in [5.74, 6) is 1.43. The topological polar surface area (TPSA) is 34.1 Å². The molecule has 1 aromatic heterocycles. The highest BCUT2D eigenvalue weighted by molar-refractivity contribution is 5.29. The highest BCUT2D eigenvalue weighted by Gasteiger charge is 2.07. The third-order valence-corrected chi connectivity index (χ3v) is 2.32. The Morgan fingerprint density at radius 1 is 1.24 bits per heavy atom. The Hall–Kier alpha value is -1.09. The summed E-state index contributed by atoms with van der Waals surface area (Å²) in [7, 11) is 0. The zero-order valence-corrected chi connectivity index (χ0v) is 11.6. The summed E-state index contributed by atoms with van der Waals surface area (Å²) in [6.45, 7) is 12.0. The minimum Gasteiger partial charge on any atom is -0.491 e. The first-order valence-electron chi connectivity index (χ1n) is 6.31. The SMILES string of the molecule is Cc1ccc(OCC(C)C)c(CNC(C)C)n1. The van der Waals surface area contributed by atoms with E-state index in [4.69, 9.17) is 4.74 Å². The molecule has 0 aromatic carbocycles. The number of pyridine rings is 1. The highest BCUT2D eigenvalue weighted by Crippen LogP contribution is 2.17. The molecule has 1 aromatic rings. The molecule has 0 aliphatic rings. The molecular formula is C14H24N2O. The van der Waals surface area contributed by atoms with Crippen molar-refractivity contribution in [1.29, 1.82) is 0 Å². The van der Waals surface area contributed by atoms with Gasteiger partial charge >= 0.3 is 0 Å².